The first-order chi connectivity index (χ1) is 20.3. The molecule has 0 aliphatic heterocycles. The van der Waals surface area contributed by atoms with E-state index in [1.807, 2.05) is 0 Å². The van der Waals surface area contributed by atoms with Crippen molar-refractivity contribution in [1.29, 1.82) is 0 Å². The average Bonchev–Trinajstić information content (AvgIpc) is 3.33. The van der Waals surface area contributed by atoms with E-state index in [1.54, 1.807) is 0 Å². The van der Waals surface area contributed by atoms with E-state index < -0.39 is 33.3 Å². The molecule has 3 aliphatic rings. The van der Waals surface area contributed by atoms with Crippen molar-refractivity contribution in [1.82, 2.24) is 0 Å². The second-order valence-corrected chi connectivity index (χ2v) is 13.5. The van der Waals surface area contributed by atoms with Crippen LogP contribution < -0.4 is 0 Å². The van der Waals surface area contributed by atoms with Crippen molar-refractivity contribution < 1.29 is 19.4 Å². The topological polar surface area (TPSA) is 113 Å². The lowest BCUT2D eigenvalue weighted by molar-refractivity contribution is -0.394. The predicted molar refractivity (Wildman–Crippen MR) is 169 cm³/mol. The molecular formula is C35H46N2O6. The van der Waals surface area contributed by atoms with E-state index in [0.717, 1.165) is 35.8 Å². The number of hydrogen-bond donors (Lipinski definition) is 0. The van der Waals surface area contributed by atoms with Crippen molar-refractivity contribution in [2.45, 2.75) is 92.1 Å². The third kappa shape index (κ3) is 7.34. The minimum absolute atomic E-state index is 0.196. The summed E-state index contributed by atoms with van der Waals surface area (Å²) in [5.74, 6) is 2.21. The fourth-order valence-corrected chi connectivity index (χ4v) is 7.47. The van der Waals surface area contributed by atoms with Gasteiger partial charge in [0.1, 0.15) is 6.10 Å². The molecule has 8 nitrogen and oxygen atoms in total. The van der Waals surface area contributed by atoms with Crippen molar-refractivity contribution in [3.63, 3.8) is 0 Å². The van der Waals surface area contributed by atoms with Crippen LogP contribution in [-0.4, -0.2) is 21.9 Å². The molecule has 232 valence electrons. The summed E-state index contributed by atoms with van der Waals surface area (Å²) in [4.78, 5) is 33.9. The Hall–Kier alpha value is -3.55. The van der Waals surface area contributed by atoms with E-state index in [1.165, 1.54) is 31.3 Å². The molecular weight excluding hydrogens is 544 g/mol. The van der Waals surface area contributed by atoms with Gasteiger partial charge in [0.15, 0.2) is 0 Å². The first-order valence-corrected chi connectivity index (χ1v) is 15.7. The third-order valence-corrected chi connectivity index (χ3v) is 10.4. The zero-order valence-corrected chi connectivity index (χ0v) is 26.2. The molecule has 0 N–H and O–H groups in total. The summed E-state index contributed by atoms with van der Waals surface area (Å²) in [6.45, 7) is 16.0. The molecule has 0 unspecified atom stereocenters. The van der Waals surface area contributed by atoms with Gasteiger partial charge in [-0.3, -0.25) is 20.2 Å². The molecule has 6 atom stereocenters. The Labute approximate surface area is 255 Å². The number of carbonyl (C=O) groups is 1. The van der Waals surface area contributed by atoms with Gasteiger partial charge in [-0.25, -0.2) is 4.79 Å². The predicted octanol–water partition coefficient (Wildman–Crippen LogP) is 9.32. The second-order valence-electron chi connectivity index (χ2n) is 13.5. The Morgan fingerprint density at radius 2 is 1.67 bits per heavy atom. The number of nitrogens with zero attached hydrogens (tertiary/aromatic N) is 2. The SMILES string of the molecule is C=C1CC[C@H](OC(=O)c2cc([N+](=O)[O-])cc([N+](=O)[O-])c2)C/C1=C/C=C1CCC[C@]2(C)[C@@H]([C@H](C)/C=C/[C@H](C)C(C)C)CC[C@@H]12. The van der Waals surface area contributed by atoms with Crippen molar-refractivity contribution in [3.05, 3.63) is 91.6 Å². The number of nitro groups is 2. The van der Waals surface area contributed by atoms with E-state index in [-0.39, 0.29) is 11.0 Å². The first kappa shape index (κ1) is 32.4. The van der Waals surface area contributed by atoms with Gasteiger partial charge in [-0.05, 0) is 85.5 Å². The molecule has 0 spiro atoms. The lowest BCUT2D eigenvalue weighted by Gasteiger charge is -2.44. The van der Waals surface area contributed by atoms with Gasteiger partial charge in [-0.1, -0.05) is 76.6 Å². The van der Waals surface area contributed by atoms with Crippen LogP contribution in [0.15, 0.2) is 65.8 Å². The summed E-state index contributed by atoms with van der Waals surface area (Å²) in [6.07, 6.45) is 16.6. The van der Waals surface area contributed by atoms with Gasteiger partial charge in [-0.2, -0.15) is 0 Å². The highest BCUT2D eigenvalue weighted by atomic mass is 16.6. The third-order valence-electron chi connectivity index (χ3n) is 10.4. The van der Waals surface area contributed by atoms with Crippen molar-refractivity contribution in [2.24, 2.45) is 35.0 Å². The van der Waals surface area contributed by atoms with Crippen LogP contribution in [0.4, 0.5) is 11.4 Å². The first-order valence-electron chi connectivity index (χ1n) is 15.7. The van der Waals surface area contributed by atoms with E-state index >= 15 is 0 Å². The molecule has 0 amide bonds. The number of hydrogen-bond acceptors (Lipinski definition) is 6. The fraction of sp³-hybridized carbons (Fsp3) is 0.571. The highest BCUT2D eigenvalue weighted by molar-refractivity contribution is 5.91. The summed E-state index contributed by atoms with van der Waals surface area (Å²) in [7, 11) is 0. The van der Waals surface area contributed by atoms with Crippen LogP contribution in [0.25, 0.3) is 0 Å². The number of nitro benzene ring substituents is 2. The van der Waals surface area contributed by atoms with E-state index in [4.69, 9.17) is 4.74 Å². The van der Waals surface area contributed by atoms with Gasteiger partial charge >= 0.3 is 5.97 Å². The molecule has 0 bridgehead atoms. The number of esters is 1. The Bertz CT molecular complexity index is 1330. The highest BCUT2D eigenvalue weighted by Gasteiger charge is 2.50. The van der Waals surface area contributed by atoms with Gasteiger partial charge in [0.05, 0.1) is 21.5 Å². The molecule has 0 heterocycles. The van der Waals surface area contributed by atoms with Crippen molar-refractivity contribution in [2.75, 3.05) is 0 Å². The largest absolute Gasteiger partial charge is 0.458 e. The maximum absolute atomic E-state index is 12.9. The van der Waals surface area contributed by atoms with Crippen LogP contribution in [0, 0.1) is 55.2 Å². The fourth-order valence-electron chi connectivity index (χ4n) is 7.47. The summed E-state index contributed by atoms with van der Waals surface area (Å²) in [6, 6.07) is 2.88. The lowest BCUT2D eigenvalue weighted by Crippen LogP contribution is -2.35. The summed E-state index contributed by atoms with van der Waals surface area (Å²) < 4.78 is 5.70. The van der Waals surface area contributed by atoms with Crippen LogP contribution in [0.1, 0.15) is 96.3 Å². The van der Waals surface area contributed by atoms with Crippen molar-refractivity contribution in [3.8, 4) is 0 Å². The van der Waals surface area contributed by atoms with Crippen LogP contribution >= 0.6 is 0 Å². The highest BCUT2D eigenvalue weighted by Crippen LogP contribution is 2.59. The number of non-ortho nitro benzene ring substituents is 2. The van der Waals surface area contributed by atoms with Crippen LogP contribution in [0.2, 0.25) is 0 Å². The Morgan fingerprint density at radius 1 is 1.00 bits per heavy atom. The van der Waals surface area contributed by atoms with Crippen LogP contribution in [0.5, 0.6) is 0 Å². The van der Waals surface area contributed by atoms with Crippen LogP contribution in [-0.2, 0) is 4.74 Å². The summed E-state index contributed by atoms with van der Waals surface area (Å²) in [5.41, 5.74) is 2.63. The van der Waals surface area contributed by atoms with Gasteiger partial charge in [0.2, 0.25) is 0 Å². The molecule has 8 heteroatoms. The molecule has 0 saturated heterocycles. The van der Waals surface area contributed by atoms with Gasteiger partial charge in [0, 0.05) is 18.6 Å². The summed E-state index contributed by atoms with van der Waals surface area (Å²) in [5, 5.41) is 22.5. The molecule has 0 aromatic heterocycles. The van der Waals surface area contributed by atoms with Gasteiger partial charge in [-0.15, -0.1) is 0 Å². The normalized spacial score (nSPS) is 29.2. The second kappa shape index (κ2) is 13.4. The molecule has 3 aliphatic carbocycles. The Kier molecular flexibility index (Phi) is 10.1. The number of fused-ring (bicyclic) bond motifs is 1. The monoisotopic (exact) mass is 590 g/mol. The molecule has 3 fully saturated rings. The quantitative estimate of drug-likeness (QED) is 0.123. The molecule has 3 saturated carbocycles. The Morgan fingerprint density at radius 3 is 2.30 bits per heavy atom. The average molecular weight is 591 g/mol. The minimum Gasteiger partial charge on any atom is -0.458 e. The van der Waals surface area contributed by atoms with Gasteiger partial charge < -0.3 is 4.74 Å². The lowest BCUT2D eigenvalue weighted by atomic mass is 9.61. The molecule has 1 aromatic rings. The maximum Gasteiger partial charge on any atom is 0.338 e. The van der Waals surface area contributed by atoms with Crippen molar-refractivity contribution >= 4 is 17.3 Å². The number of carbonyl (C=O) groups excluding carboxylic acids is 1. The number of rotatable bonds is 9. The smallest absolute Gasteiger partial charge is 0.338 e. The Balaban J connectivity index is 1.47. The number of allylic oxidation sites excluding steroid dienone is 6. The maximum atomic E-state index is 12.9. The molecule has 4 rings (SSSR count). The van der Waals surface area contributed by atoms with E-state index in [9.17, 15) is 25.0 Å². The zero-order valence-electron chi connectivity index (χ0n) is 26.2. The standard InChI is InChI=1S/C35H46N2O6/c1-22(2)23(3)9-10-25(5)32-15-16-33-26(8-7-17-35(32,33)6)12-13-27-20-31(14-11-24(27)4)43-34(38)28-18-29(36(39)40)21-30(19-28)37(41)42/h9-10,12-13,18-19,21-23,25,31-33H,4,7-8,11,14-17,20H2,1-3,5-6H3/b10-9+,26-12?,27-13-/t23-,25+,31-,32+,33-,35+/m0/s1. The van der Waals surface area contributed by atoms with Crippen LogP contribution in [0.3, 0.4) is 0 Å². The van der Waals surface area contributed by atoms with Gasteiger partial charge in [0.25, 0.3) is 11.4 Å². The zero-order chi connectivity index (χ0) is 31.5. The molecule has 0 radical (unpaired) electrons. The van der Waals surface area contributed by atoms with E-state index in [0.29, 0.717) is 48.9 Å². The number of ether oxygens (including phenoxy) is 1. The molecule has 1 aromatic carbocycles. The molecule has 43 heavy (non-hydrogen) atoms. The van der Waals surface area contributed by atoms with E-state index in [2.05, 4.69) is 65.5 Å². The minimum atomic E-state index is -0.798. The summed E-state index contributed by atoms with van der Waals surface area (Å²) >= 11 is 0. The number of benzene rings is 1.